The largest absolute Gasteiger partial charge is 0.355 e. The van der Waals surface area contributed by atoms with E-state index in [2.05, 4.69) is 15.6 Å². The van der Waals surface area contributed by atoms with Gasteiger partial charge in [0.2, 0.25) is 0 Å². The molecule has 0 aliphatic carbocycles. The number of nitrogens with zero attached hydrogens (tertiary/aromatic N) is 2. The van der Waals surface area contributed by atoms with Gasteiger partial charge in [0.1, 0.15) is 0 Å². The van der Waals surface area contributed by atoms with E-state index < -0.39 is 0 Å². The Bertz CT molecular complexity index is 515. The van der Waals surface area contributed by atoms with E-state index in [1.165, 1.54) is 24.7 Å². The summed E-state index contributed by atoms with van der Waals surface area (Å²) in [5.74, 6) is 1.97. The molecule has 0 aromatic heterocycles. The summed E-state index contributed by atoms with van der Waals surface area (Å²) in [7, 11) is 1.73. The van der Waals surface area contributed by atoms with Crippen LogP contribution in [0.5, 0.6) is 0 Å². The van der Waals surface area contributed by atoms with Crippen molar-refractivity contribution in [3.8, 4) is 0 Å². The number of rotatable bonds is 5. The molecule has 7 heteroatoms. The SMILES string of the molecule is CN=C(NCc1cccc([N+](=O)[O-])c1)NCC1CCCS1. The van der Waals surface area contributed by atoms with Crippen molar-refractivity contribution in [2.75, 3.05) is 19.3 Å². The highest BCUT2D eigenvalue weighted by atomic mass is 32.2. The molecule has 1 heterocycles. The molecule has 0 radical (unpaired) electrons. The van der Waals surface area contributed by atoms with Crippen molar-refractivity contribution in [1.82, 2.24) is 10.6 Å². The van der Waals surface area contributed by atoms with Gasteiger partial charge in [0.15, 0.2) is 5.96 Å². The quantitative estimate of drug-likeness (QED) is 0.377. The molecular weight excluding hydrogens is 288 g/mol. The van der Waals surface area contributed by atoms with Crippen molar-refractivity contribution in [2.24, 2.45) is 4.99 Å². The summed E-state index contributed by atoms with van der Waals surface area (Å²) < 4.78 is 0. The summed E-state index contributed by atoms with van der Waals surface area (Å²) in [5.41, 5.74) is 0.974. The molecule has 0 amide bonds. The lowest BCUT2D eigenvalue weighted by Gasteiger charge is -2.14. The molecule has 1 atom stereocenters. The van der Waals surface area contributed by atoms with Crippen LogP contribution in [-0.2, 0) is 6.54 Å². The van der Waals surface area contributed by atoms with Gasteiger partial charge in [-0.2, -0.15) is 11.8 Å². The second kappa shape index (κ2) is 7.87. The molecule has 1 aromatic carbocycles. The lowest BCUT2D eigenvalue weighted by Crippen LogP contribution is -2.39. The number of thioether (sulfide) groups is 1. The van der Waals surface area contributed by atoms with E-state index in [0.717, 1.165) is 18.1 Å². The average molecular weight is 308 g/mol. The number of nitrogens with one attached hydrogen (secondary N) is 2. The molecule has 1 fully saturated rings. The first kappa shape index (κ1) is 15.6. The van der Waals surface area contributed by atoms with E-state index in [4.69, 9.17) is 0 Å². The number of nitro benzene ring substituents is 1. The first-order chi connectivity index (χ1) is 10.2. The van der Waals surface area contributed by atoms with Crippen LogP contribution in [0.15, 0.2) is 29.3 Å². The van der Waals surface area contributed by atoms with Crippen molar-refractivity contribution >= 4 is 23.4 Å². The van der Waals surface area contributed by atoms with Gasteiger partial charge in [-0.1, -0.05) is 12.1 Å². The Morgan fingerprint density at radius 1 is 1.52 bits per heavy atom. The smallest absolute Gasteiger partial charge is 0.269 e. The third kappa shape index (κ3) is 4.93. The molecule has 1 aliphatic heterocycles. The summed E-state index contributed by atoms with van der Waals surface area (Å²) in [6.07, 6.45) is 2.54. The van der Waals surface area contributed by atoms with Crippen LogP contribution in [0.4, 0.5) is 5.69 Å². The first-order valence-electron chi connectivity index (χ1n) is 6.98. The Kier molecular flexibility index (Phi) is 5.86. The predicted octanol–water partition coefficient (Wildman–Crippen LogP) is 2.16. The lowest BCUT2D eigenvalue weighted by molar-refractivity contribution is -0.384. The molecule has 0 saturated carbocycles. The maximum Gasteiger partial charge on any atom is 0.269 e. The van der Waals surface area contributed by atoms with E-state index in [0.29, 0.717) is 11.8 Å². The van der Waals surface area contributed by atoms with Gasteiger partial charge in [-0.25, -0.2) is 0 Å². The van der Waals surface area contributed by atoms with Crippen molar-refractivity contribution in [3.05, 3.63) is 39.9 Å². The normalized spacial score (nSPS) is 18.5. The number of benzene rings is 1. The average Bonchev–Trinajstić information content (AvgIpc) is 3.01. The molecule has 2 N–H and O–H groups in total. The zero-order chi connectivity index (χ0) is 15.1. The fourth-order valence-corrected chi connectivity index (χ4v) is 3.40. The highest BCUT2D eigenvalue weighted by Gasteiger charge is 2.15. The predicted molar refractivity (Wildman–Crippen MR) is 86.8 cm³/mol. The minimum absolute atomic E-state index is 0.111. The maximum absolute atomic E-state index is 10.7. The Labute approximate surface area is 128 Å². The highest BCUT2D eigenvalue weighted by Crippen LogP contribution is 2.25. The van der Waals surface area contributed by atoms with E-state index in [-0.39, 0.29) is 10.6 Å². The molecule has 114 valence electrons. The van der Waals surface area contributed by atoms with Crippen LogP contribution in [0, 0.1) is 10.1 Å². The number of hydrogen-bond acceptors (Lipinski definition) is 4. The molecule has 2 rings (SSSR count). The van der Waals surface area contributed by atoms with Crippen LogP contribution in [0.2, 0.25) is 0 Å². The van der Waals surface area contributed by atoms with Gasteiger partial charge < -0.3 is 10.6 Å². The summed E-state index contributed by atoms with van der Waals surface area (Å²) in [5, 5.41) is 17.9. The van der Waals surface area contributed by atoms with E-state index in [1.54, 1.807) is 19.2 Å². The van der Waals surface area contributed by atoms with E-state index in [9.17, 15) is 10.1 Å². The third-order valence-electron chi connectivity index (χ3n) is 3.33. The zero-order valence-electron chi connectivity index (χ0n) is 12.0. The molecule has 6 nitrogen and oxygen atoms in total. The molecule has 1 aromatic rings. The number of hydrogen-bond donors (Lipinski definition) is 2. The van der Waals surface area contributed by atoms with Crippen LogP contribution < -0.4 is 10.6 Å². The van der Waals surface area contributed by atoms with Gasteiger partial charge in [0, 0.05) is 37.5 Å². The second-order valence-electron chi connectivity index (χ2n) is 4.87. The summed E-state index contributed by atoms with van der Waals surface area (Å²) >= 11 is 1.99. The minimum atomic E-state index is -0.381. The van der Waals surface area contributed by atoms with Gasteiger partial charge in [-0.15, -0.1) is 0 Å². The van der Waals surface area contributed by atoms with Crippen molar-refractivity contribution in [1.29, 1.82) is 0 Å². The van der Waals surface area contributed by atoms with Crippen LogP contribution in [0.25, 0.3) is 0 Å². The number of guanidine groups is 1. The Morgan fingerprint density at radius 2 is 2.38 bits per heavy atom. The van der Waals surface area contributed by atoms with Crippen molar-refractivity contribution in [3.63, 3.8) is 0 Å². The van der Waals surface area contributed by atoms with Gasteiger partial charge in [0.05, 0.1) is 4.92 Å². The van der Waals surface area contributed by atoms with Crippen molar-refractivity contribution in [2.45, 2.75) is 24.6 Å². The van der Waals surface area contributed by atoms with Gasteiger partial charge >= 0.3 is 0 Å². The zero-order valence-corrected chi connectivity index (χ0v) is 12.9. The maximum atomic E-state index is 10.7. The number of non-ortho nitro benzene ring substituents is 1. The van der Waals surface area contributed by atoms with Crippen molar-refractivity contribution < 1.29 is 4.92 Å². The molecule has 1 aliphatic rings. The molecule has 0 bridgehead atoms. The first-order valence-corrected chi connectivity index (χ1v) is 8.03. The molecule has 21 heavy (non-hydrogen) atoms. The van der Waals surface area contributed by atoms with Gasteiger partial charge in [-0.05, 0) is 24.2 Å². The summed E-state index contributed by atoms with van der Waals surface area (Å²) in [6.45, 7) is 1.42. The number of aliphatic imine (C=N–C) groups is 1. The monoisotopic (exact) mass is 308 g/mol. The summed E-state index contributed by atoms with van der Waals surface area (Å²) in [4.78, 5) is 14.5. The van der Waals surface area contributed by atoms with Crippen LogP contribution >= 0.6 is 11.8 Å². The standard InChI is InChI=1S/C14H20N4O2S/c1-15-14(17-10-13-6-3-7-21-13)16-9-11-4-2-5-12(8-11)18(19)20/h2,4-5,8,13H,3,6-7,9-10H2,1H3,(H2,15,16,17). The van der Waals surface area contributed by atoms with E-state index >= 15 is 0 Å². The number of nitro groups is 1. The Hall–Kier alpha value is -1.76. The fourth-order valence-electron chi connectivity index (χ4n) is 2.20. The van der Waals surface area contributed by atoms with E-state index in [1.807, 2.05) is 17.8 Å². The van der Waals surface area contributed by atoms with Gasteiger partial charge in [0.25, 0.3) is 5.69 Å². The second-order valence-corrected chi connectivity index (χ2v) is 6.28. The minimum Gasteiger partial charge on any atom is -0.355 e. The molecule has 0 spiro atoms. The highest BCUT2D eigenvalue weighted by molar-refractivity contribution is 8.00. The lowest BCUT2D eigenvalue weighted by atomic mass is 10.2. The summed E-state index contributed by atoms with van der Waals surface area (Å²) in [6, 6.07) is 6.63. The van der Waals surface area contributed by atoms with Crippen LogP contribution in [0.3, 0.4) is 0 Å². The fraction of sp³-hybridized carbons (Fsp3) is 0.500. The third-order valence-corrected chi connectivity index (χ3v) is 4.72. The Morgan fingerprint density at radius 3 is 3.05 bits per heavy atom. The van der Waals surface area contributed by atoms with Crippen LogP contribution in [0.1, 0.15) is 18.4 Å². The Balaban J connectivity index is 1.82. The molecular formula is C14H20N4O2S. The van der Waals surface area contributed by atoms with Gasteiger partial charge in [-0.3, -0.25) is 15.1 Å². The topological polar surface area (TPSA) is 79.6 Å². The molecule has 1 unspecified atom stereocenters. The molecule has 1 saturated heterocycles. The van der Waals surface area contributed by atoms with Crippen LogP contribution in [-0.4, -0.2) is 35.5 Å².